The number of hydrogen-bond acceptors (Lipinski definition) is 2. The monoisotopic (exact) mass is 359 g/mol. The molecule has 0 heterocycles. The highest BCUT2D eigenvalue weighted by atomic mass is 35.5. The standard InChI is InChI=1S/C19H22ClN3O2/c1-12(2)21-19(25)23-17-9-5-7-15(11-17)18(24)22-13(3)14-6-4-8-16(20)10-14/h4-13H,1-3H3,(H,22,24)(H2,21,23,25)/t13-/m1/s1. The van der Waals surface area contributed by atoms with Crippen molar-refractivity contribution in [2.24, 2.45) is 0 Å². The Morgan fingerprint density at radius 2 is 1.68 bits per heavy atom. The van der Waals surface area contributed by atoms with Crippen molar-refractivity contribution >= 4 is 29.2 Å². The van der Waals surface area contributed by atoms with Crippen LogP contribution in [0.1, 0.15) is 42.7 Å². The summed E-state index contributed by atoms with van der Waals surface area (Å²) in [5.41, 5.74) is 1.95. The fraction of sp³-hybridized carbons (Fsp3) is 0.263. The maximum Gasteiger partial charge on any atom is 0.319 e. The molecule has 0 spiro atoms. The van der Waals surface area contributed by atoms with Gasteiger partial charge in [-0.25, -0.2) is 4.79 Å². The number of benzene rings is 2. The summed E-state index contributed by atoms with van der Waals surface area (Å²) in [7, 11) is 0. The summed E-state index contributed by atoms with van der Waals surface area (Å²) < 4.78 is 0. The molecule has 0 aliphatic carbocycles. The molecule has 0 saturated heterocycles. The van der Waals surface area contributed by atoms with E-state index in [1.165, 1.54) is 0 Å². The van der Waals surface area contributed by atoms with Crippen LogP contribution in [0.25, 0.3) is 0 Å². The zero-order chi connectivity index (χ0) is 18.4. The minimum Gasteiger partial charge on any atom is -0.346 e. The number of carbonyl (C=O) groups is 2. The lowest BCUT2D eigenvalue weighted by atomic mass is 10.1. The van der Waals surface area contributed by atoms with Crippen molar-refractivity contribution in [1.82, 2.24) is 10.6 Å². The normalized spacial score (nSPS) is 11.7. The molecule has 0 saturated carbocycles. The molecular weight excluding hydrogens is 338 g/mol. The average molecular weight is 360 g/mol. The largest absolute Gasteiger partial charge is 0.346 e. The predicted octanol–water partition coefficient (Wildman–Crippen LogP) is 4.36. The van der Waals surface area contributed by atoms with E-state index < -0.39 is 0 Å². The van der Waals surface area contributed by atoms with Gasteiger partial charge in [0.15, 0.2) is 0 Å². The van der Waals surface area contributed by atoms with Crippen molar-refractivity contribution in [2.45, 2.75) is 32.9 Å². The van der Waals surface area contributed by atoms with Crippen molar-refractivity contribution in [3.63, 3.8) is 0 Å². The first-order valence-corrected chi connectivity index (χ1v) is 8.47. The molecule has 5 nitrogen and oxygen atoms in total. The number of hydrogen-bond donors (Lipinski definition) is 3. The van der Waals surface area contributed by atoms with Crippen LogP contribution in [0.2, 0.25) is 5.02 Å². The topological polar surface area (TPSA) is 70.2 Å². The molecule has 3 N–H and O–H groups in total. The Bertz CT molecular complexity index is 762. The summed E-state index contributed by atoms with van der Waals surface area (Å²) >= 11 is 5.99. The first-order chi connectivity index (χ1) is 11.8. The molecule has 25 heavy (non-hydrogen) atoms. The van der Waals surface area contributed by atoms with Crippen molar-refractivity contribution in [3.05, 3.63) is 64.7 Å². The fourth-order valence-corrected chi connectivity index (χ4v) is 2.51. The molecule has 0 fully saturated rings. The minimum atomic E-state index is -0.306. The van der Waals surface area contributed by atoms with E-state index in [2.05, 4.69) is 16.0 Å². The molecular formula is C19H22ClN3O2. The van der Waals surface area contributed by atoms with E-state index in [-0.39, 0.29) is 24.0 Å². The second-order valence-corrected chi connectivity index (χ2v) is 6.52. The van der Waals surface area contributed by atoms with E-state index in [1.54, 1.807) is 30.3 Å². The van der Waals surface area contributed by atoms with Gasteiger partial charge in [-0.15, -0.1) is 0 Å². The second-order valence-electron chi connectivity index (χ2n) is 6.08. The molecule has 2 aromatic rings. The first-order valence-electron chi connectivity index (χ1n) is 8.09. The van der Waals surface area contributed by atoms with Crippen molar-refractivity contribution in [2.75, 3.05) is 5.32 Å². The van der Waals surface area contributed by atoms with Crippen LogP contribution < -0.4 is 16.0 Å². The van der Waals surface area contributed by atoms with E-state index in [0.717, 1.165) is 5.56 Å². The highest BCUT2D eigenvalue weighted by Crippen LogP contribution is 2.18. The summed E-state index contributed by atoms with van der Waals surface area (Å²) in [6.07, 6.45) is 0. The van der Waals surface area contributed by atoms with Gasteiger partial charge in [0.1, 0.15) is 0 Å². The van der Waals surface area contributed by atoms with Crippen LogP contribution in [0.15, 0.2) is 48.5 Å². The van der Waals surface area contributed by atoms with Crippen LogP contribution in [0, 0.1) is 0 Å². The van der Waals surface area contributed by atoms with Crippen molar-refractivity contribution < 1.29 is 9.59 Å². The van der Waals surface area contributed by atoms with Gasteiger partial charge in [-0.05, 0) is 56.7 Å². The lowest BCUT2D eigenvalue weighted by Gasteiger charge is -2.15. The second kappa shape index (κ2) is 8.53. The van der Waals surface area contributed by atoms with Crippen LogP contribution >= 0.6 is 11.6 Å². The number of nitrogens with one attached hydrogen (secondary N) is 3. The zero-order valence-electron chi connectivity index (χ0n) is 14.5. The zero-order valence-corrected chi connectivity index (χ0v) is 15.2. The van der Waals surface area contributed by atoms with E-state index in [1.807, 2.05) is 39.0 Å². The van der Waals surface area contributed by atoms with Gasteiger partial charge in [-0.1, -0.05) is 29.8 Å². The maximum absolute atomic E-state index is 12.5. The molecule has 3 amide bonds. The van der Waals surface area contributed by atoms with Crippen LogP contribution in [0.3, 0.4) is 0 Å². The minimum absolute atomic E-state index is 0.0324. The summed E-state index contributed by atoms with van der Waals surface area (Å²) in [6, 6.07) is 13.7. The molecule has 0 aliphatic rings. The smallest absolute Gasteiger partial charge is 0.319 e. The Hall–Kier alpha value is -2.53. The number of amides is 3. The highest BCUT2D eigenvalue weighted by Gasteiger charge is 2.13. The molecule has 0 aliphatic heterocycles. The number of rotatable bonds is 5. The predicted molar refractivity (Wildman–Crippen MR) is 101 cm³/mol. The molecule has 132 valence electrons. The number of halogens is 1. The molecule has 1 atom stereocenters. The van der Waals surface area contributed by atoms with E-state index in [4.69, 9.17) is 11.6 Å². The van der Waals surface area contributed by atoms with E-state index in [0.29, 0.717) is 16.3 Å². The van der Waals surface area contributed by atoms with Crippen molar-refractivity contribution in [3.8, 4) is 0 Å². The summed E-state index contributed by atoms with van der Waals surface area (Å²) in [5, 5.41) is 9.00. The number of carbonyl (C=O) groups excluding carboxylic acids is 2. The van der Waals surface area contributed by atoms with Gasteiger partial charge in [0.05, 0.1) is 6.04 Å². The maximum atomic E-state index is 12.5. The Kier molecular flexibility index (Phi) is 6.42. The van der Waals surface area contributed by atoms with Crippen LogP contribution in [-0.2, 0) is 0 Å². The third kappa shape index (κ3) is 5.80. The Labute approximate surface area is 152 Å². The van der Waals surface area contributed by atoms with Gasteiger partial charge in [-0.3, -0.25) is 4.79 Å². The Balaban J connectivity index is 2.04. The van der Waals surface area contributed by atoms with Gasteiger partial charge < -0.3 is 16.0 Å². The van der Waals surface area contributed by atoms with Crippen LogP contribution in [0.5, 0.6) is 0 Å². The SMILES string of the molecule is CC(C)NC(=O)Nc1cccc(C(=O)N[C@H](C)c2cccc(Cl)c2)c1. The third-order valence-corrected chi connectivity index (χ3v) is 3.73. The van der Waals surface area contributed by atoms with Gasteiger partial charge in [0, 0.05) is 22.3 Å². The number of urea groups is 1. The molecule has 0 radical (unpaired) electrons. The van der Waals surface area contributed by atoms with E-state index >= 15 is 0 Å². The fourth-order valence-electron chi connectivity index (χ4n) is 2.31. The average Bonchev–Trinajstić information content (AvgIpc) is 2.54. The van der Waals surface area contributed by atoms with Crippen molar-refractivity contribution in [1.29, 1.82) is 0 Å². The summed E-state index contributed by atoms with van der Waals surface area (Å²) in [5.74, 6) is -0.222. The molecule has 0 aromatic heterocycles. The Morgan fingerprint density at radius 3 is 2.36 bits per heavy atom. The molecule has 2 aromatic carbocycles. The lowest BCUT2D eigenvalue weighted by Crippen LogP contribution is -2.34. The first kappa shape index (κ1) is 18.8. The molecule has 2 rings (SSSR count). The lowest BCUT2D eigenvalue weighted by molar-refractivity contribution is 0.0940. The van der Waals surface area contributed by atoms with Gasteiger partial charge in [0.2, 0.25) is 0 Å². The summed E-state index contributed by atoms with van der Waals surface area (Å²) in [4.78, 5) is 24.2. The van der Waals surface area contributed by atoms with Crippen LogP contribution in [0.4, 0.5) is 10.5 Å². The third-order valence-electron chi connectivity index (χ3n) is 3.50. The molecule has 0 bridgehead atoms. The van der Waals surface area contributed by atoms with Gasteiger partial charge in [0.25, 0.3) is 5.91 Å². The molecule has 0 unspecified atom stereocenters. The van der Waals surface area contributed by atoms with E-state index in [9.17, 15) is 9.59 Å². The van der Waals surface area contributed by atoms with Gasteiger partial charge in [-0.2, -0.15) is 0 Å². The quantitative estimate of drug-likeness (QED) is 0.742. The molecule has 6 heteroatoms. The van der Waals surface area contributed by atoms with Crippen LogP contribution in [-0.4, -0.2) is 18.0 Å². The highest BCUT2D eigenvalue weighted by molar-refractivity contribution is 6.30. The Morgan fingerprint density at radius 1 is 0.960 bits per heavy atom. The number of anilines is 1. The van der Waals surface area contributed by atoms with Gasteiger partial charge >= 0.3 is 6.03 Å². The summed E-state index contributed by atoms with van der Waals surface area (Å²) in [6.45, 7) is 5.64.